The molecule has 0 unspecified atom stereocenters. The van der Waals surface area contributed by atoms with Crippen LogP contribution in [0.5, 0.6) is 0 Å². The molecular weight excluding hydrogens is 442 g/mol. The van der Waals surface area contributed by atoms with Crippen LogP contribution in [0.2, 0.25) is 0 Å². The van der Waals surface area contributed by atoms with Crippen molar-refractivity contribution in [1.82, 2.24) is 29.1 Å². The first kappa shape index (κ1) is 21.0. The lowest BCUT2D eigenvalue weighted by molar-refractivity contribution is -0.116. The molecule has 6 rings (SSSR count). The molecule has 1 N–H and O–H groups in total. The van der Waals surface area contributed by atoms with Gasteiger partial charge in [-0.15, -0.1) is 0 Å². The third-order valence-electron chi connectivity index (χ3n) is 6.40. The minimum atomic E-state index is -0.352. The molecule has 0 radical (unpaired) electrons. The Labute approximate surface area is 200 Å². The van der Waals surface area contributed by atoms with Gasteiger partial charge in [-0.2, -0.15) is 10.2 Å². The molecule has 3 aromatic heterocycles. The first-order chi connectivity index (χ1) is 17.1. The Morgan fingerprint density at radius 1 is 1.06 bits per heavy atom. The predicted octanol–water partition coefficient (Wildman–Crippen LogP) is 3.11. The zero-order valence-corrected chi connectivity index (χ0v) is 19.2. The SMILES string of the molecule is Cn1ncc2c(=O)n(CC(=O)Nc3cc(-c4ccc5c(c4)CCC5)nn3-c3ccccc3)cnc21. The van der Waals surface area contributed by atoms with E-state index in [2.05, 4.69) is 33.6 Å². The number of carbonyl (C=O) groups excluding carboxylic acids is 1. The number of rotatable bonds is 5. The predicted molar refractivity (Wildman–Crippen MR) is 132 cm³/mol. The minimum Gasteiger partial charge on any atom is -0.309 e. The third kappa shape index (κ3) is 3.80. The summed E-state index contributed by atoms with van der Waals surface area (Å²) in [7, 11) is 1.72. The Morgan fingerprint density at radius 3 is 2.74 bits per heavy atom. The molecule has 2 aromatic carbocycles. The first-order valence-corrected chi connectivity index (χ1v) is 11.5. The lowest BCUT2D eigenvalue weighted by atomic mass is 10.0. The molecule has 9 nitrogen and oxygen atoms in total. The van der Waals surface area contributed by atoms with E-state index >= 15 is 0 Å². The fourth-order valence-corrected chi connectivity index (χ4v) is 4.62. The van der Waals surface area contributed by atoms with Gasteiger partial charge in [-0.05, 0) is 48.6 Å². The number of benzene rings is 2. The summed E-state index contributed by atoms with van der Waals surface area (Å²) in [6.45, 7) is -0.176. The Bertz CT molecular complexity index is 1630. The number of aryl methyl sites for hydroxylation is 3. The maximum atomic E-state index is 13.0. The number of nitrogens with one attached hydrogen (secondary N) is 1. The van der Waals surface area contributed by atoms with Crippen molar-refractivity contribution in [1.29, 1.82) is 0 Å². The fraction of sp³-hybridized carbons (Fsp3) is 0.192. The quantitative estimate of drug-likeness (QED) is 0.430. The van der Waals surface area contributed by atoms with E-state index < -0.39 is 0 Å². The standard InChI is InChI=1S/C26H23N7O2/c1-31-25-21(14-28-31)26(35)32(16-27-25)15-24(34)29-23-13-22(30-33(23)20-8-3-2-4-9-20)19-11-10-17-6-5-7-18(17)12-19/h2-4,8-14,16H,5-7,15H2,1H3,(H,29,34). The highest BCUT2D eigenvalue weighted by Crippen LogP contribution is 2.30. The molecule has 0 aliphatic heterocycles. The maximum Gasteiger partial charge on any atom is 0.264 e. The summed E-state index contributed by atoms with van der Waals surface area (Å²) >= 11 is 0. The van der Waals surface area contributed by atoms with Crippen LogP contribution in [0.4, 0.5) is 5.82 Å². The number of carbonyl (C=O) groups is 1. The molecule has 35 heavy (non-hydrogen) atoms. The van der Waals surface area contributed by atoms with E-state index in [0.29, 0.717) is 16.9 Å². The molecule has 0 saturated carbocycles. The summed E-state index contributed by atoms with van der Waals surface area (Å²) in [6, 6.07) is 18.0. The highest BCUT2D eigenvalue weighted by Gasteiger charge is 2.17. The van der Waals surface area contributed by atoms with Crippen molar-refractivity contribution in [2.24, 2.45) is 7.05 Å². The average Bonchev–Trinajstić information content (AvgIpc) is 3.60. The van der Waals surface area contributed by atoms with Gasteiger partial charge in [-0.3, -0.25) is 18.8 Å². The van der Waals surface area contributed by atoms with Gasteiger partial charge in [0.15, 0.2) is 5.65 Å². The number of anilines is 1. The molecule has 1 amide bonds. The van der Waals surface area contributed by atoms with Crippen molar-refractivity contribution < 1.29 is 4.79 Å². The summed E-state index contributed by atoms with van der Waals surface area (Å²) in [5.41, 5.74) is 5.54. The van der Waals surface area contributed by atoms with Crippen molar-refractivity contribution in [2.75, 3.05) is 5.32 Å². The molecule has 1 aliphatic rings. The zero-order chi connectivity index (χ0) is 23.9. The van der Waals surface area contributed by atoms with Crippen LogP contribution < -0.4 is 10.9 Å². The van der Waals surface area contributed by atoms with Crippen LogP contribution in [0, 0.1) is 0 Å². The van der Waals surface area contributed by atoms with Gasteiger partial charge in [-0.25, -0.2) is 9.67 Å². The van der Waals surface area contributed by atoms with Crippen LogP contribution in [-0.2, 0) is 31.2 Å². The molecule has 5 aromatic rings. The number of para-hydroxylation sites is 1. The molecule has 174 valence electrons. The lowest BCUT2D eigenvalue weighted by Gasteiger charge is -2.10. The number of nitrogens with zero attached hydrogens (tertiary/aromatic N) is 6. The van der Waals surface area contributed by atoms with Crippen molar-refractivity contribution in [2.45, 2.75) is 25.8 Å². The molecule has 0 saturated heterocycles. The average molecular weight is 466 g/mol. The summed E-state index contributed by atoms with van der Waals surface area (Å²) in [5, 5.41) is 12.2. The van der Waals surface area contributed by atoms with Crippen LogP contribution in [-0.4, -0.2) is 35.0 Å². The molecule has 0 spiro atoms. The van der Waals surface area contributed by atoms with Gasteiger partial charge in [0, 0.05) is 18.7 Å². The van der Waals surface area contributed by atoms with Crippen molar-refractivity contribution in [3.63, 3.8) is 0 Å². The zero-order valence-electron chi connectivity index (χ0n) is 19.2. The molecular formula is C26H23N7O2. The summed E-state index contributed by atoms with van der Waals surface area (Å²) in [6.07, 6.45) is 6.21. The second-order valence-electron chi connectivity index (χ2n) is 8.73. The van der Waals surface area contributed by atoms with Crippen molar-refractivity contribution in [3.05, 3.63) is 88.6 Å². The van der Waals surface area contributed by atoms with Crippen LogP contribution in [0.1, 0.15) is 17.5 Å². The van der Waals surface area contributed by atoms with E-state index in [1.54, 1.807) is 11.7 Å². The van der Waals surface area contributed by atoms with Gasteiger partial charge in [0.1, 0.15) is 24.1 Å². The Balaban J connectivity index is 1.33. The molecule has 9 heteroatoms. The van der Waals surface area contributed by atoms with Gasteiger partial charge in [0.2, 0.25) is 5.91 Å². The van der Waals surface area contributed by atoms with Crippen LogP contribution >= 0.6 is 0 Å². The fourth-order valence-electron chi connectivity index (χ4n) is 4.62. The largest absolute Gasteiger partial charge is 0.309 e. The highest BCUT2D eigenvalue weighted by molar-refractivity contribution is 5.91. The minimum absolute atomic E-state index is 0.176. The summed E-state index contributed by atoms with van der Waals surface area (Å²) in [5.74, 6) is 0.176. The molecule has 1 aliphatic carbocycles. The number of fused-ring (bicyclic) bond motifs is 2. The molecule has 3 heterocycles. The van der Waals surface area contributed by atoms with Gasteiger partial charge in [0.25, 0.3) is 5.56 Å². The van der Waals surface area contributed by atoms with E-state index in [9.17, 15) is 9.59 Å². The lowest BCUT2D eigenvalue weighted by Crippen LogP contribution is -2.28. The Kier molecular flexibility index (Phi) is 5.02. The van der Waals surface area contributed by atoms with Crippen molar-refractivity contribution >= 4 is 22.8 Å². The smallest absolute Gasteiger partial charge is 0.264 e. The van der Waals surface area contributed by atoms with Gasteiger partial charge in [-0.1, -0.05) is 30.3 Å². The van der Waals surface area contributed by atoms with Gasteiger partial charge in [0.05, 0.1) is 17.6 Å². The second-order valence-corrected chi connectivity index (χ2v) is 8.73. The Morgan fingerprint density at radius 2 is 1.89 bits per heavy atom. The van der Waals surface area contributed by atoms with E-state index in [1.807, 2.05) is 36.4 Å². The van der Waals surface area contributed by atoms with E-state index in [4.69, 9.17) is 5.10 Å². The maximum absolute atomic E-state index is 13.0. The number of aromatic nitrogens is 6. The topological polar surface area (TPSA) is 99.6 Å². The second kappa shape index (κ2) is 8.35. The van der Waals surface area contributed by atoms with E-state index in [1.165, 1.54) is 39.3 Å². The number of hydrogen-bond donors (Lipinski definition) is 1. The first-order valence-electron chi connectivity index (χ1n) is 11.5. The van der Waals surface area contributed by atoms with Crippen molar-refractivity contribution in [3.8, 4) is 16.9 Å². The van der Waals surface area contributed by atoms with Crippen LogP contribution in [0.15, 0.2) is 71.9 Å². The highest BCUT2D eigenvalue weighted by atomic mass is 16.2. The molecule has 0 atom stereocenters. The number of amides is 1. The van der Waals surface area contributed by atoms with Gasteiger partial charge >= 0.3 is 0 Å². The monoisotopic (exact) mass is 465 g/mol. The Hall–Kier alpha value is -4.53. The van der Waals surface area contributed by atoms with E-state index in [0.717, 1.165) is 29.8 Å². The van der Waals surface area contributed by atoms with Gasteiger partial charge < -0.3 is 5.32 Å². The summed E-state index contributed by atoms with van der Waals surface area (Å²) in [4.78, 5) is 30.0. The summed E-state index contributed by atoms with van der Waals surface area (Å²) < 4.78 is 4.52. The van der Waals surface area contributed by atoms with Crippen LogP contribution in [0.3, 0.4) is 0 Å². The normalized spacial score (nSPS) is 12.7. The van der Waals surface area contributed by atoms with Crippen LogP contribution in [0.25, 0.3) is 28.0 Å². The number of hydrogen-bond acceptors (Lipinski definition) is 5. The molecule has 0 bridgehead atoms. The molecule has 0 fully saturated rings. The van der Waals surface area contributed by atoms with E-state index in [-0.39, 0.29) is 18.0 Å². The third-order valence-corrected chi connectivity index (χ3v) is 6.40.